The van der Waals surface area contributed by atoms with Crippen LogP contribution in [0.3, 0.4) is 0 Å². The highest BCUT2D eigenvalue weighted by molar-refractivity contribution is 7.92. The van der Waals surface area contributed by atoms with Gasteiger partial charge in [-0.3, -0.25) is 4.79 Å². The molecule has 0 radical (unpaired) electrons. The van der Waals surface area contributed by atoms with E-state index in [1.807, 2.05) is 12.1 Å². The number of carbonyl (C=O) groups excluding carboxylic acids is 1. The van der Waals surface area contributed by atoms with Gasteiger partial charge in [-0.25, -0.2) is 12.8 Å². The van der Waals surface area contributed by atoms with Crippen LogP contribution in [-0.4, -0.2) is 19.6 Å². The Morgan fingerprint density at radius 3 is 2.19 bits per heavy atom. The topological polar surface area (TPSA) is 63.2 Å². The van der Waals surface area contributed by atoms with Crippen molar-refractivity contribution in [3.63, 3.8) is 0 Å². The number of anilines is 1. The Bertz CT molecular complexity index is 884. The minimum atomic E-state index is -3.73. The van der Waals surface area contributed by atoms with Crippen LogP contribution in [0.15, 0.2) is 48.5 Å². The molecule has 0 spiro atoms. The minimum absolute atomic E-state index is 0.0235. The van der Waals surface area contributed by atoms with Crippen LogP contribution >= 0.6 is 0 Å². The fourth-order valence-corrected chi connectivity index (χ4v) is 3.71. The van der Waals surface area contributed by atoms with Crippen LogP contribution in [0.2, 0.25) is 0 Å². The fourth-order valence-electron chi connectivity index (χ4n) is 2.42. The summed E-state index contributed by atoms with van der Waals surface area (Å²) < 4.78 is 38.7. The summed E-state index contributed by atoms with van der Waals surface area (Å²) in [5.74, 6) is -1.60. The molecule has 0 fully saturated rings. The van der Waals surface area contributed by atoms with Crippen molar-refractivity contribution < 1.29 is 17.6 Å². The van der Waals surface area contributed by atoms with E-state index in [9.17, 15) is 17.6 Å². The van der Waals surface area contributed by atoms with Crippen molar-refractivity contribution in [2.75, 3.05) is 5.32 Å². The molecule has 2 aromatic carbocycles. The number of carbonyl (C=O) groups is 1. The molecule has 0 saturated carbocycles. The van der Waals surface area contributed by atoms with Crippen LogP contribution in [0.5, 0.6) is 0 Å². The molecular weight excluding hydrogens is 353 g/mol. The van der Waals surface area contributed by atoms with Crippen LogP contribution in [-0.2, 0) is 25.8 Å². The highest BCUT2D eigenvalue weighted by atomic mass is 32.2. The lowest BCUT2D eigenvalue weighted by Gasteiger charge is -2.19. The van der Waals surface area contributed by atoms with Crippen LogP contribution in [0.25, 0.3) is 0 Å². The zero-order valence-corrected chi connectivity index (χ0v) is 16.2. The molecule has 1 amide bonds. The molecule has 0 aliphatic heterocycles. The fraction of sp³-hybridized carbons (Fsp3) is 0.350. The van der Waals surface area contributed by atoms with Gasteiger partial charge < -0.3 is 5.32 Å². The normalized spacial score (nSPS) is 13.3. The van der Waals surface area contributed by atoms with E-state index in [1.165, 1.54) is 25.1 Å². The third kappa shape index (κ3) is 4.91. The molecule has 0 saturated heterocycles. The quantitative estimate of drug-likeness (QED) is 0.854. The average Bonchev–Trinajstić information content (AvgIpc) is 2.55. The standard InChI is InChI=1S/C20H24FNO3S/c1-14(19(23)22-18-8-6-5-7-17(18)21)26(24,25)13-15-9-11-16(12-10-15)20(2,3)4/h5-12,14H,13H2,1-4H3,(H,22,23)/t14-/m0/s1. The first kappa shape index (κ1) is 20.1. The van der Waals surface area contributed by atoms with Crippen molar-refractivity contribution in [1.29, 1.82) is 0 Å². The van der Waals surface area contributed by atoms with Crippen molar-refractivity contribution in [1.82, 2.24) is 0 Å². The second kappa shape index (κ2) is 7.58. The van der Waals surface area contributed by atoms with Crippen molar-refractivity contribution in [2.45, 2.75) is 44.1 Å². The van der Waals surface area contributed by atoms with E-state index >= 15 is 0 Å². The molecule has 26 heavy (non-hydrogen) atoms. The number of rotatable bonds is 5. The van der Waals surface area contributed by atoms with Crippen LogP contribution in [0.1, 0.15) is 38.8 Å². The average molecular weight is 377 g/mol. The minimum Gasteiger partial charge on any atom is -0.322 e. The number of para-hydroxylation sites is 1. The van der Waals surface area contributed by atoms with E-state index in [4.69, 9.17) is 0 Å². The zero-order chi connectivity index (χ0) is 19.5. The Kier molecular flexibility index (Phi) is 5.86. The predicted molar refractivity (Wildman–Crippen MR) is 102 cm³/mol. The SMILES string of the molecule is C[C@@H](C(=O)Nc1ccccc1F)S(=O)(=O)Cc1ccc(C(C)(C)C)cc1. The molecule has 0 aliphatic rings. The van der Waals surface area contributed by atoms with E-state index in [0.29, 0.717) is 5.56 Å². The van der Waals surface area contributed by atoms with Gasteiger partial charge in [0.05, 0.1) is 11.4 Å². The van der Waals surface area contributed by atoms with Gasteiger partial charge in [0.15, 0.2) is 9.84 Å². The summed E-state index contributed by atoms with van der Waals surface area (Å²) in [6.45, 7) is 7.55. The third-order valence-electron chi connectivity index (χ3n) is 4.23. The van der Waals surface area contributed by atoms with Crippen LogP contribution < -0.4 is 5.32 Å². The van der Waals surface area contributed by atoms with Gasteiger partial charge in [0.1, 0.15) is 11.1 Å². The number of hydrogen-bond acceptors (Lipinski definition) is 3. The van der Waals surface area contributed by atoms with Crippen molar-refractivity contribution in [3.8, 4) is 0 Å². The molecule has 140 valence electrons. The van der Waals surface area contributed by atoms with E-state index in [0.717, 1.165) is 5.56 Å². The molecule has 2 rings (SSSR count). The summed E-state index contributed by atoms with van der Waals surface area (Å²) in [4.78, 5) is 12.2. The maximum atomic E-state index is 13.6. The number of nitrogens with one attached hydrogen (secondary N) is 1. The number of halogens is 1. The Balaban J connectivity index is 2.11. The van der Waals surface area contributed by atoms with Gasteiger partial charge in [-0.05, 0) is 35.6 Å². The van der Waals surface area contributed by atoms with Gasteiger partial charge in [0, 0.05) is 0 Å². The van der Waals surface area contributed by atoms with Gasteiger partial charge in [-0.2, -0.15) is 0 Å². The molecule has 0 aliphatic carbocycles. The maximum absolute atomic E-state index is 13.6. The number of benzene rings is 2. The predicted octanol–water partition coefficient (Wildman–Crippen LogP) is 4.07. The van der Waals surface area contributed by atoms with Crippen LogP contribution in [0.4, 0.5) is 10.1 Å². The van der Waals surface area contributed by atoms with Crippen molar-refractivity contribution in [3.05, 3.63) is 65.5 Å². The number of amides is 1. The summed E-state index contributed by atoms with van der Waals surface area (Å²) in [6, 6.07) is 13.0. The van der Waals surface area contributed by atoms with Crippen LogP contribution in [0, 0.1) is 5.82 Å². The summed E-state index contributed by atoms with van der Waals surface area (Å²) >= 11 is 0. The molecule has 4 nitrogen and oxygen atoms in total. The second-order valence-corrected chi connectivity index (χ2v) is 9.69. The molecule has 0 heterocycles. The van der Waals surface area contributed by atoms with Gasteiger partial charge in [0.25, 0.3) is 0 Å². The molecule has 6 heteroatoms. The van der Waals surface area contributed by atoms with Crippen molar-refractivity contribution in [2.24, 2.45) is 0 Å². The Labute approximate surface area is 154 Å². The summed E-state index contributed by atoms with van der Waals surface area (Å²) in [5.41, 5.74) is 1.66. The lowest BCUT2D eigenvalue weighted by Crippen LogP contribution is -2.33. The molecular formula is C20H24FNO3S. The third-order valence-corrected chi connectivity index (χ3v) is 6.25. The van der Waals surface area contributed by atoms with Gasteiger partial charge >= 0.3 is 0 Å². The first-order chi connectivity index (χ1) is 12.0. The van der Waals surface area contributed by atoms with Crippen molar-refractivity contribution >= 4 is 21.4 Å². The summed E-state index contributed by atoms with van der Waals surface area (Å²) in [6.07, 6.45) is 0. The Morgan fingerprint density at radius 1 is 1.08 bits per heavy atom. The monoisotopic (exact) mass is 377 g/mol. The first-order valence-corrected chi connectivity index (χ1v) is 10.1. The first-order valence-electron chi connectivity index (χ1n) is 8.37. The van der Waals surface area contributed by atoms with Gasteiger partial charge in [-0.15, -0.1) is 0 Å². The van der Waals surface area contributed by atoms with E-state index in [-0.39, 0.29) is 16.9 Å². The highest BCUT2D eigenvalue weighted by Crippen LogP contribution is 2.23. The maximum Gasteiger partial charge on any atom is 0.242 e. The van der Waals surface area contributed by atoms with E-state index < -0.39 is 26.8 Å². The lowest BCUT2D eigenvalue weighted by molar-refractivity contribution is -0.115. The summed E-state index contributed by atoms with van der Waals surface area (Å²) in [5, 5.41) is 1.05. The Morgan fingerprint density at radius 2 is 1.65 bits per heavy atom. The molecule has 0 unspecified atom stereocenters. The Hall–Kier alpha value is -2.21. The largest absolute Gasteiger partial charge is 0.322 e. The lowest BCUT2D eigenvalue weighted by atomic mass is 9.87. The molecule has 1 N–H and O–H groups in total. The highest BCUT2D eigenvalue weighted by Gasteiger charge is 2.29. The second-order valence-electron chi connectivity index (χ2n) is 7.37. The number of sulfone groups is 1. The molecule has 0 bridgehead atoms. The van der Waals surface area contributed by atoms with Gasteiger partial charge in [0.2, 0.25) is 5.91 Å². The zero-order valence-electron chi connectivity index (χ0n) is 15.4. The molecule has 0 aromatic heterocycles. The van der Waals surface area contributed by atoms with E-state index in [1.54, 1.807) is 18.2 Å². The van der Waals surface area contributed by atoms with E-state index in [2.05, 4.69) is 26.1 Å². The molecule has 2 aromatic rings. The molecule has 1 atom stereocenters. The summed E-state index contributed by atoms with van der Waals surface area (Å²) in [7, 11) is -3.73. The van der Waals surface area contributed by atoms with Gasteiger partial charge in [-0.1, -0.05) is 57.2 Å². The number of hydrogen-bond donors (Lipinski definition) is 1. The smallest absolute Gasteiger partial charge is 0.242 e.